The van der Waals surface area contributed by atoms with Gasteiger partial charge in [-0.05, 0) is 63.5 Å². The molecule has 3 amide bonds. The van der Waals surface area contributed by atoms with E-state index in [-0.39, 0.29) is 41.1 Å². The summed E-state index contributed by atoms with van der Waals surface area (Å²) in [6, 6.07) is 3.19. The summed E-state index contributed by atoms with van der Waals surface area (Å²) in [7, 11) is 0. The average molecular weight is 486 g/mol. The van der Waals surface area contributed by atoms with Crippen molar-refractivity contribution in [3.63, 3.8) is 0 Å². The molecule has 2 heterocycles. The standard InChI is InChI=1S/C26H36FN5O3/c1-15-8-5-6-11-32(15)21(33)12-20(30-24(34)17-13-26(3,4)14-17)25(35)28-16(2)23-29-19-10-7-9-18(27)22(19)31-23/h7,9-10,15-17,20H,5-6,8,11-14H2,1-4H3,(H,28,35)(H,29,31)(H,30,34)/t15?,16-,20?/m0/s1. The number of carbonyl (C=O) groups excluding carboxylic acids is 3. The minimum absolute atomic E-state index is 0.0977. The quantitative estimate of drug-likeness (QED) is 0.557. The van der Waals surface area contributed by atoms with Gasteiger partial charge in [0.05, 0.1) is 18.0 Å². The number of rotatable bonds is 7. The maximum atomic E-state index is 14.1. The maximum absolute atomic E-state index is 14.1. The second kappa shape index (κ2) is 9.95. The first-order chi connectivity index (χ1) is 16.5. The van der Waals surface area contributed by atoms with E-state index in [0.717, 1.165) is 32.1 Å². The van der Waals surface area contributed by atoms with Gasteiger partial charge in [-0.25, -0.2) is 9.37 Å². The van der Waals surface area contributed by atoms with E-state index in [1.54, 1.807) is 19.1 Å². The van der Waals surface area contributed by atoms with Gasteiger partial charge in [0.25, 0.3) is 0 Å². The summed E-state index contributed by atoms with van der Waals surface area (Å²) in [4.78, 5) is 48.4. The maximum Gasteiger partial charge on any atom is 0.243 e. The molecule has 35 heavy (non-hydrogen) atoms. The number of amides is 3. The van der Waals surface area contributed by atoms with Gasteiger partial charge in [0.1, 0.15) is 17.4 Å². The summed E-state index contributed by atoms with van der Waals surface area (Å²) in [6.07, 6.45) is 4.37. The highest BCUT2D eigenvalue weighted by Gasteiger charge is 2.41. The number of para-hydroxylation sites is 1. The molecule has 2 aliphatic rings. The number of imidazole rings is 1. The molecule has 0 bridgehead atoms. The third-order valence-electron chi connectivity index (χ3n) is 7.35. The minimum Gasteiger partial charge on any atom is -0.345 e. The third-order valence-corrected chi connectivity index (χ3v) is 7.35. The molecule has 1 saturated carbocycles. The number of piperidine rings is 1. The van der Waals surface area contributed by atoms with Crippen LogP contribution in [0.1, 0.15) is 78.1 Å². The zero-order valence-electron chi connectivity index (χ0n) is 21.0. The lowest BCUT2D eigenvalue weighted by Crippen LogP contribution is -2.54. The van der Waals surface area contributed by atoms with Crippen molar-refractivity contribution in [2.24, 2.45) is 11.3 Å². The molecule has 2 unspecified atom stereocenters. The molecule has 190 valence electrons. The van der Waals surface area contributed by atoms with Crippen LogP contribution in [0.5, 0.6) is 0 Å². The Bertz CT molecular complexity index is 1110. The predicted molar refractivity (Wildman–Crippen MR) is 131 cm³/mol. The van der Waals surface area contributed by atoms with Crippen LogP contribution in [0.15, 0.2) is 18.2 Å². The average Bonchev–Trinajstić information content (AvgIpc) is 3.23. The Labute approximate surface area is 205 Å². The lowest BCUT2D eigenvalue weighted by Gasteiger charge is -2.42. The summed E-state index contributed by atoms with van der Waals surface area (Å²) >= 11 is 0. The molecule has 1 aromatic carbocycles. The van der Waals surface area contributed by atoms with Crippen molar-refractivity contribution in [3.05, 3.63) is 29.8 Å². The van der Waals surface area contributed by atoms with Crippen LogP contribution in [0.4, 0.5) is 4.39 Å². The van der Waals surface area contributed by atoms with E-state index >= 15 is 0 Å². The molecule has 2 fully saturated rings. The Kier molecular flexibility index (Phi) is 7.15. The number of hydrogen-bond donors (Lipinski definition) is 3. The van der Waals surface area contributed by atoms with Gasteiger partial charge in [0.2, 0.25) is 17.7 Å². The van der Waals surface area contributed by atoms with Gasteiger partial charge in [-0.15, -0.1) is 0 Å². The van der Waals surface area contributed by atoms with E-state index in [4.69, 9.17) is 0 Å². The second-order valence-corrected chi connectivity index (χ2v) is 11.0. The molecule has 4 rings (SSSR count). The number of aromatic nitrogens is 2. The van der Waals surface area contributed by atoms with Crippen molar-refractivity contribution in [1.82, 2.24) is 25.5 Å². The lowest BCUT2D eigenvalue weighted by atomic mass is 9.64. The lowest BCUT2D eigenvalue weighted by molar-refractivity contribution is -0.140. The molecule has 0 spiro atoms. The van der Waals surface area contributed by atoms with Crippen molar-refractivity contribution in [2.75, 3.05) is 6.54 Å². The first-order valence-corrected chi connectivity index (χ1v) is 12.6. The number of nitrogens with zero attached hydrogens (tertiary/aromatic N) is 2. The Balaban J connectivity index is 1.47. The largest absolute Gasteiger partial charge is 0.345 e. The van der Waals surface area contributed by atoms with Gasteiger partial charge >= 0.3 is 0 Å². The Morgan fingerprint density at radius 3 is 2.63 bits per heavy atom. The molecule has 1 aromatic heterocycles. The number of benzene rings is 1. The number of H-pyrrole nitrogens is 1. The zero-order chi connectivity index (χ0) is 25.3. The molecule has 1 aliphatic heterocycles. The monoisotopic (exact) mass is 485 g/mol. The summed E-state index contributed by atoms with van der Waals surface area (Å²) in [5.41, 5.74) is 0.854. The smallest absolute Gasteiger partial charge is 0.243 e. The van der Waals surface area contributed by atoms with Gasteiger partial charge in [0, 0.05) is 18.5 Å². The molecule has 2 aromatic rings. The number of halogens is 1. The summed E-state index contributed by atoms with van der Waals surface area (Å²) < 4.78 is 14.1. The van der Waals surface area contributed by atoms with E-state index in [9.17, 15) is 18.8 Å². The van der Waals surface area contributed by atoms with E-state index < -0.39 is 23.8 Å². The van der Waals surface area contributed by atoms with Crippen LogP contribution >= 0.6 is 0 Å². The molecule has 1 aliphatic carbocycles. The van der Waals surface area contributed by atoms with E-state index in [1.165, 1.54) is 6.07 Å². The molecule has 3 N–H and O–H groups in total. The van der Waals surface area contributed by atoms with Crippen LogP contribution in [0, 0.1) is 17.2 Å². The molecular weight excluding hydrogens is 449 g/mol. The van der Waals surface area contributed by atoms with Crippen LogP contribution in [0.3, 0.4) is 0 Å². The van der Waals surface area contributed by atoms with E-state index in [0.29, 0.717) is 17.9 Å². The molecule has 1 saturated heterocycles. The Hall–Kier alpha value is -2.97. The molecule has 3 atom stereocenters. The van der Waals surface area contributed by atoms with Crippen LogP contribution in [-0.4, -0.2) is 51.2 Å². The van der Waals surface area contributed by atoms with Gasteiger partial charge in [-0.3, -0.25) is 14.4 Å². The molecular formula is C26H36FN5O3. The van der Waals surface area contributed by atoms with Crippen molar-refractivity contribution < 1.29 is 18.8 Å². The number of carbonyl (C=O) groups is 3. The highest BCUT2D eigenvalue weighted by molar-refractivity contribution is 5.93. The number of aromatic amines is 1. The van der Waals surface area contributed by atoms with Gasteiger partial charge in [-0.2, -0.15) is 0 Å². The van der Waals surface area contributed by atoms with E-state index in [2.05, 4.69) is 34.4 Å². The highest BCUT2D eigenvalue weighted by Crippen LogP contribution is 2.44. The summed E-state index contributed by atoms with van der Waals surface area (Å²) in [5, 5.41) is 5.70. The zero-order valence-corrected chi connectivity index (χ0v) is 21.0. The molecule has 8 nitrogen and oxygen atoms in total. The Morgan fingerprint density at radius 2 is 1.97 bits per heavy atom. The molecule has 9 heteroatoms. The van der Waals surface area contributed by atoms with Crippen LogP contribution in [0.25, 0.3) is 11.0 Å². The molecule has 0 radical (unpaired) electrons. The normalized spacial score (nSPS) is 21.7. The van der Waals surface area contributed by atoms with Crippen molar-refractivity contribution in [1.29, 1.82) is 0 Å². The second-order valence-electron chi connectivity index (χ2n) is 11.0. The van der Waals surface area contributed by atoms with Gasteiger partial charge in [-0.1, -0.05) is 19.9 Å². The number of likely N-dealkylation sites (tertiary alicyclic amines) is 1. The van der Waals surface area contributed by atoms with Crippen LogP contribution < -0.4 is 10.6 Å². The fourth-order valence-electron chi connectivity index (χ4n) is 5.32. The van der Waals surface area contributed by atoms with Crippen LogP contribution in [-0.2, 0) is 14.4 Å². The van der Waals surface area contributed by atoms with Crippen molar-refractivity contribution in [2.45, 2.75) is 84.3 Å². The fraction of sp³-hybridized carbons (Fsp3) is 0.615. The van der Waals surface area contributed by atoms with Gasteiger partial charge in [0.15, 0.2) is 5.82 Å². The number of nitrogens with one attached hydrogen (secondary N) is 3. The van der Waals surface area contributed by atoms with E-state index in [1.807, 2.05) is 11.8 Å². The Morgan fingerprint density at radius 1 is 1.23 bits per heavy atom. The van der Waals surface area contributed by atoms with Gasteiger partial charge < -0.3 is 20.5 Å². The number of fused-ring (bicyclic) bond motifs is 1. The van der Waals surface area contributed by atoms with Crippen molar-refractivity contribution >= 4 is 28.8 Å². The van der Waals surface area contributed by atoms with Crippen LogP contribution in [0.2, 0.25) is 0 Å². The number of hydrogen-bond acceptors (Lipinski definition) is 4. The first-order valence-electron chi connectivity index (χ1n) is 12.6. The predicted octanol–water partition coefficient (Wildman–Crippen LogP) is 3.59. The summed E-state index contributed by atoms with van der Waals surface area (Å²) in [5.74, 6) is -0.977. The first kappa shape index (κ1) is 25.1. The highest BCUT2D eigenvalue weighted by atomic mass is 19.1. The SMILES string of the molecule is CC1CCCCN1C(=O)CC(NC(=O)C1CC(C)(C)C1)C(=O)N[C@@H](C)c1nc2c(F)cccc2[nH]1. The van der Waals surface area contributed by atoms with Crippen molar-refractivity contribution in [3.8, 4) is 0 Å². The minimum atomic E-state index is -0.989. The fourth-order valence-corrected chi connectivity index (χ4v) is 5.32. The third kappa shape index (κ3) is 5.65. The topological polar surface area (TPSA) is 107 Å². The summed E-state index contributed by atoms with van der Waals surface area (Å²) in [6.45, 7) is 8.64.